The fraction of sp³-hybridized carbons (Fsp3) is 0.167. The zero-order chi connectivity index (χ0) is 11.3. The first kappa shape index (κ1) is 11.1. The van der Waals surface area contributed by atoms with E-state index in [0.29, 0.717) is 17.1 Å². The Morgan fingerprint density at radius 3 is 2.53 bits per heavy atom. The molecule has 0 aliphatic heterocycles. The summed E-state index contributed by atoms with van der Waals surface area (Å²) >= 11 is 0. The lowest BCUT2D eigenvalue weighted by atomic mass is 10.1. The third-order valence-electron chi connectivity index (χ3n) is 1.90. The Bertz CT molecular complexity index is 415. The van der Waals surface area contributed by atoms with Gasteiger partial charge in [0.1, 0.15) is 0 Å². The molecule has 1 aromatic rings. The van der Waals surface area contributed by atoms with Gasteiger partial charge in [-0.2, -0.15) is 0 Å². The summed E-state index contributed by atoms with van der Waals surface area (Å²) in [5, 5.41) is 0. The fourth-order valence-electron chi connectivity index (χ4n) is 1.17. The van der Waals surface area contributed by atoms with Gasteiger partial charge < -0.3 is 9.47 Å². The Hall–Kier alpha value is -1.99. The molecule has 1 rings (SSSR count). The normalized spacial score (nSPS) is 8.93. The first-order chi connectivity index (χ1) is 7.22. The van der Waals surface area contributed by atoms with Crippen LogP contribution >= 0.6 is 0 Å². The molecule has 15 heavy (non-hydrogen) atoms. The molecule has 0 radical (unpaired) electrons. The molecule has 0 aliphatic rings. The van der Waals surface area contributed by atoms with Crippen LogP contribution in [0.15, 0.2) is 36.6 Å². The number of benzene rings is 1. The highest BCUT2D eigenvalue weighted by atomic mass is 16.5. The molecule has 0 saturated heterocycles. The minimum Gasteiger partial charge on any atom is -0.493 e. The third-order valence-corrected chi connectivity index (χ3v) is 1.90. The Morgan fingerprint density at radius 1 is 1.33 bits per heavy atom. The van der Waals surface area contributed by atoms with Gasteiger partial charge in [0.2, 0.25) is 0 Å². The van der Waals surface area contributed by atoms with Crippen LogP contribution in [0.1, 0.15) is 10.4 Å². The highest BCUT2D eigenvalue weighted by Gasteiger charge is 2.07. The van der Waals surface area contributed by atoms with Gasteiger partial charge in [-0.3, -0.25) is 4.79 Å². The second-order valence-corrected chi connectivity index (χ2v) is 2.78. The molecule has 0 spiro atoms. The molecule has 0 atom stereocenters. The van der Waals surface area contributed by atoms with Crippen LogP contribution in [0.4, 0.5) is 0 Å². The van der Waals surface area contributed by atoms with Crippen molar-refractivity contribution in [3.63, 3.8) is 0 Å². The number of carbonyl (C=O) groups is 1. The van der Waals surface area contributed by atoms with E-state index in [2.05, 4.69) is 12.3 Å². The SMILES string of the molecule is C=C=CC(=O)c1ccc(OC)c(OC)c1. The predicted octanol–water partition coefficient (Wildman–Crippen LogP) is 2.23. The molecule has 0 fully saturated rings. The molecule has 0 amide bonds. The van der Waals surface area contributed by atoms with Crippen molar-refractivity contribution >= 4 is 5.78 Å². The topological polar surface area (TPSA) is 35.5 Å². The first-order valence-corrected chi connectivity index (χ1v) is 4.35. The second kappa shape index (κ2) is 5.03. The molecule has 1 aromatic carbocycles. The molecule has 0 aliphatic carbocycles. The van der Waals surface area contributed by atoms with Crippen molar-refractivity contribution in [2.45, 2.75) is 0 Å². The van der Waals surface area contributed by atoms with Gasteiger partial charge in [-0.1, -0.05) is 6.58 Å². The Kier molecular flexibility index (Phi) is 3.72. The van der Waals surface area contributed by atoms with Gasteiger partial charge in [-0.05, 0) is 18.2 Å². The van der Waals surface area contributed by atoms with Crippen LogP contribution in [0.3, 0.4) is 0 Å². The Labute approximate surface area is 88.6 Å². The van der Waals surface area contributed by atoms with E-state index in [-0.39, 0.29) is 5.78 Å². The van der Waals surface area contributed by atoms with Gasteiger partial charge in [-0.25, -0.2) is 0 Å². The minimum absolute atomic E-state index is 0.161. The van der Waals surface area contributed by atoms with Crippen molar-refractivity contribution in [1.29, 1.82) is 0 Å². The van der Waals surface area contributed by atoms with E-state index in [1.165, 1.54) is 13.2 Å². The van der Waals surface area contributed by atoms with E-state index >= 15 is 0 Å². The van der Waals surface area contributed by atoms with E-state index in [1.54, 1.807) is 25.3 Å². The molecular weight excluding hydrogens is 192 g/mol. The lowest BCUT2D eigenvalue weighted by Crippen LogP contribution is -1.96. The lowest BCUT2D eigenvalue weighted by molar-refractivity contribution is 0.104. The van der Waals surface area contributed by atoms with Gasteiger partial charge in [0.05, 0.1) is 14.2 Å². The zero-order valence-electron chi connectivity index (χ0n) is 8.74. The monoisotopic (exact) mass is 204 g/mol. The van der Waals surface area contributed by atoms with Crippen molar-refractivity contribution in [3.8, 4) is 11.5 Å². The number of hydrogen-bond acceptors (Lipinski definition) is 3. The van der Waals surface area contributed by atoms with Crippen molar-refractivity contribution in [1.82, 2.24) is 0 Å². The average Bonchev–Trinajstić information content (AvgIpc) is 2.28. The predicted molar refractivity (Wildman–Crippen MR) is 57.6 cm³/mol. The van der Waals surface area contributed by atoms with Crippen molar-refractivity contribution < 1.29 is 14.3 Å². The zero-order valence-corrected chi connectivity index (χ0v) is 8.74. The summed E-state index contributed by atoms with van der Waals surface area (Å²) in [5.41, 5.74) is 2.95. The molecule has 0 N–H and O–H groups in total. The number of hydrogen-bond donors (Lipinski definition) is 0. The van der Waals surface area contributed by atoms with Gasteiger partial charge in [0.15, 0.2) is 17.3 Å². The summed E-state index contributed by atoms with van der Waals surface area (Å²) in [6.45, 7) is 3.35. The Morgan fingerprint density at radius 2 is 2.00 bits per heavy atom. The van der Waals surface area contributed by atoms with Crippen LogP contribution in [0, 0.1) is 0 Å². The summed E-state index contributed by atoms with van der Waals surface area (Å²) in [4.78, 5) is 11.5. The number of allylic oxidation sites excluding steroid dienone is 1. The van der Waals surface area contributed by atoms with Crippen molar-refractivity contribution in [2.75, 3.05) is 14.2 Å². The summed E-state index contributed by atoms with van der Waals surface area (Å²) in [6.07, 6.45) is 1.28. The molecule has 0 bridgehead atoms. The summed E-state index contributed by atoms with van der Waals surface area (Å²) in [7, 11) is 3.07. The van der Waals surface area contributed by atoms with Crippen LogP contribution in [0.2, 0.25) is 0 Å². The molecule has 0 heterocycles. The average molecular weight is 204 g/mol. The van der Waals surface area contributed by atoms with E-state index < -0.39 is 0 Å². The largest absolute Gasteiger partial charge is 0.493 e. The van der Waals surface area contributed by atoms with Crippen LogP contribution in [-0.4, -0.2) is 20.0 Å². The number of carbonyl (C=O) groups excluding carboxylic acids is 1. The van der Waals surface area contributed by atoms with Crippen molar-refractivity contribution in [3.05, 3.63) is 42.1 Å². The highest BCUT2D eigenvalue weighted by molar-refractivity contribution is 6.04. The van der Waals surface area contributed by atoms with Crippen LogP contribution in [-0.2, 0) is 0 Å². The maximum atomic E-state index is 11.5. The standard InChI is InChI=1S/C12H12O3/c1-4-5-10(13)9-6-7-11(14-2)12(8-9)15-3/h5-8H,1H2,2-3H3. The van der Waals surface area contributed by atoms with Gasteiger partial charge in [0.25, 0.3) is 0 Å². The van der Waals surface area contributed by atoms with Crippen LogP contribution in [0.25, 0.3) is 0 Å². The van der Waals surface area contributed by atoms with Gasteiger partial charge >= 0.3 is 0 Å². The van der Waals surface area contributed by atoms with Gasteiger partial charge in [0, 0.05) is 11.6 Å². The second-order valence-electron chi connectivity index (χ2n) is 2.78. The maximum absolute atomic E-state index is 11.5. The van der Waals surface area contributed by atoms with Crippen molar-refractivity contribution in [2.24, 2.45) is 0 Å². The van der Waals surface area contributed by atoms with E-state index in [4.69, 9.17) is 9.47 Å². The molecule has 78 valence electrons. The molecule has 0 saturated carbocycles. The molecule has 0 aromatic heterocycles. The highest BCUT2D eigenvalue weighted by Crippen LogP contribution is 2.27. The number of ketones is 1. The van der Waals surface area contributed by atoms with E-state index in [1.807, 2.05) is 0 Å². The van der Waals surface area contributed by atoms with Gasteiger partial charge in [-0.15, -0.1) is 5.73 Å². The molecule has 3 heteroatoms. The van der Waals surface area contributed by atoms with Crippen LogP contribution < -0.4 is 9.47 Å². The quantitative estimate of drug-likeness (QED) is 0.428. The summed E-state index contributed by atoms with van der Waals surface area (Å²) in [5.74, 6) is 0.961. The summed E-state index contributed by atoms with van der Waals surface area (Å²) < 4.78 is 10.1. The summed E-state index contributed by atoms with van der Waals surface area (Å²) in [6, 6.07) is 4.97. The Balaban J connectivity index is 3.13. The number of ether oxygens (including phenoxy) is 2. The third kappa shape index (κ3) is 2.48. The lowest BCUT2D eigenvalue weighted by Gasteiger charge is -2.07. The van der Waals surface area contributed by atoms with E-state index in [9.17, 15) is 4.79 Å². The smallest absolute Gasteiger partial charge is 0.193 e. The molecular formula is C12H12O3. The van der Waals surface area contributed by atoms with Crippen LogP contribution in [0.5, 0.6) is 11.5 Å². The number of rotatable bonds is 4. The number of methoxy groups -OCH3 is 2. The molecule has 0 unspecified atom stereocenters. The first-order valence-electron chi connectivity index (χ1n) is 4.35. The fourth-order valence-corrected chi connectivity index (χ4v) is 1.17. The van der Waals surface area contributed by atoms with E-state index in [0.717, 1.165) is 0 Å². The molecule has 3 nitrogen and oxygen atoms in total. The maximum Gasteiger partial charge on any atom is 0.193 e. The minimum atomic E-state index is -0.161.